The van der Waals surface area contributed by atoms with Gasteiger partial charge in [0.1, 0.15) is 17.5 Å². The summed E-state index contributed by atoms with van der Waals surface area (Å²) in [5, 5.41) is 0.461. The second-order valence-corrected chi connectivity index (χ2v) is 5.22. The Kier molecular flexibility index (Phi) is 4.18. The number of benzene rings is 2. The first-order valence-electron chi connectivity index (χ1n) is 5.25. The molecule has 2 rings (SSSR count). The van der Waals surface area contributed by atoms with Crippen LogP contribution in [0.1, 0.15) is 17.2 Å². The van der Waals surface area contributed by atoms with Crippen LogP contribution in [0.3, 0.4) is 0 Å². The molecule has 0 spiro atoms. The van der Waals surface area contributed by atoms with E-state index in [-0.39, 0.29) is 5.56 Å². The molecule has 0 heterocycles. The van der Waals surface area contributed by atoms with E-state index < -0.39 is 23.5 Å². The maximum atomic E-state index is 13.7. The lowest BCUT2D eigenvalue weighted by molar-refractivity contribution is 0.515. The van der Waals surface area contributed by atoms with Crippen LogP contribution in [0.15, 0.2) is 34.8 Å². The summed E-state index contributed by atoms with van der Waals surface area (Å²) in [6, 6.07) is 4.81. The minimum absolute atomic E-state index is 0.385. The van der Waals surface area contributed by atoms with Gasteiger partial charge in [-0.05, 0) is 17.7 Å². The van der Waals surface area contributed by atoms with Gasteiger partial charge >= 0.3 is 0 Å². The van der Waals surface area contributed by atoms with Gasteiger partial charge in [0.15, 0.2) is 0 Å². The van der Waals surface area contributed by atoms with Gasteiger partial charge in [-0.2, -0.15) is 0 Å². The third-order valence-electron chi connectivity index (χ3n) is 2.65. The van der Waals surface area contributed by atoms with Crippen LogP contribution in [0.5, 0.6) is 0 Å². The minimum Gasteiger partial charge on any atom is -0.320 e. The van der Waals surface area contributed by atoms with Crippen molar-refractivity contribution in [3.8, 4) is 0 Å². The van der Waals surface area contributed by atoms with Crippen molar-refractivity contribution < 1.29 is 13.2 Å². The largest absolute Gasteiger partial charge is 0.320 e. The molecule has 100 valence electrons. The van der Waals surface area contributed by atoms with E-state index in [2.05, 4.69) is 15.9 Å². The van der Waals surface area contributed by atoms with Crippen molar-refractivity contribution in [2.75, 3.05) is 0 Å². The highest BCUT2D eigenvalue weighted by molar-refractivity contribution is 9.10. The first-order chi connectivity index (χ1) is 8.90. The summed E-state index contributed by atoms with van der Waals surface area (Å²) in [5.41, 5.74) is 5.91. The Morgan fingerprint density at radius 3 is 2.16 bits per heavy atom. The molecule has 1 nitrogen and oxygen atoms in total. The lowest BCUT2D eigenvalue weighted by Crippen LogP contribution is -2.16. The van der Waals surface area contributed by atoms with Crippen LogP contribution < -0.4 is 5.73 Å². The summed E-state index contributed by atoms with van der Waals surface area (Å²) in [6.07, 6.45) is 0. The molecule has 0 aliphatic rings. The fourth-order valence-corrected chi connectivity index (χ4v) is 2.69. The summed E-state index contributed by atoms with van der Waals surface area (Å²) in [7, 11) is 0. The zero-order valence-corrected chi connectivity index (χ0v) is 11.8. The highest BCUT2D eigenvalue weighted by Gasteiger charge is 2.21. The van der Waals surface area contributed by atoms with Gasteiger partial charge in [-0.3, -0.25) is 0 Å². The highest BCUT2D eigenvalue weighted by atomic mass is 79.9. The summed E-state index contributed by atoms with van der Waals surface area (Å²) in [6.45, 7) is 0. The molecule has 0 aromatic heterocycles. The predicted molar refractivity (Wildman–Crippen MR) is 71.5 cm³/mol. The summed E-state index contributed by atoms with van der Waals surface area (Å²) in [5.74, 6) is -3.03. The van der Waals surface area contributed by atoms with Crippen LogP contribution in [0.25, 0.3) is 0 Å². The fourth-order valence-electron chi connectivity index (χ4n) is 1.76. The molecule has 0 radical (unpaired) electrons. The van der Waals surface area contributed by atoms with Crippen molar-refractivity contribution in [1.29, 1.82) is 0 Å². The summed E-state index contributed by atoms with van der Waals surface area (Å²) < 4.78 is 40.7. The van der Waals surface area contributed by atoms with Crippen molar-refractivity contribution in [2.24, 2.45) is 5.73 Å². The van der Waals surface area contributed by atoms with Gasteiger partial charge in [-0.1, -0.05) is 33.6 Å². The molecule has 0 fully saturated rings. The van der Waals surface area contributed by atoms with Crippen LogP contribution in [0, 0.1) is 17.5 Å². The molecule has 0 bridgehead atoms. The number of rotatable bonds is 2. The van der Waals surface area contributed by atoms with Crippen molar-refractivity contribution in [2.45, 2.75) is 6.04 Å². The van der Waals surface area contributed by atoms with Crippen molar-refractivity contribution in [3.05, 3.63) is 68.4 Å². The van der Waals surface area contributed by atoms with Gasteiger partial charge in [0.05, 0.1) is 6.04 Å². The topological polar surface area (TPSA) is 26.0 Å². The Morgan fingerprint density at radius 1 is 1.05 bits per heavy atom. The molecule has 0 saturated carbocycles. The number of nitrogens with two attached hydrogens (primary N) is 1. The van der Waals surface area contributed by atoms with Crippen LogP contribution in [-0.2, 0) is 0 Å². The zero-order valence-electron chi connectivity index (χ0n) is 9.43. The van der Waals surface area contributed by atoms with Gasteiger partial charge < -0.3 is 5.73 Å². The Hall–Kier alpha value is -1.04. The van der Waals surface area contributed by atoms with Crippen LogP contribution in [0.4, 0.5) is 13.2 Å². The van der Waals surface area contributed by atoms with E-state index in [1.165, 1.54) is 0 Å². The molecule has 2 aromatic rings. The Labute approximate surface area is 121 Å². The Morgan fingerprint density at radius 2 is 1.63 bits per heavy atom. The van der Waals surface area contributed by atoms with Gasteiger partial charge in [0, 0.05) is 27.2 Å². The van der Waals surface area contributed by atoms with Crippen molar-refractivity contribution in [3.63, 3.8) is 0 Å². The van der Waals surface area contributed by atoms with Crippen molar-refractivity contribution >= 4 is 27.5 Å². The third kappa shape index (κ3) is 2.94. The molecule has 0 amide bonds. The zero-order chi connectivity index (χ0) is 14.2. The SMILES string of the molecule is NC(c1ccc(Cl)cc1Br)c1c(F)cc(F)cc1F. The van der Waals surface area contributed by atoms with E-state index in [0.717, 1.165) is 0 Å². The summed E-state index contributed by atoms with van der Waals surface area (Å²) >= 11 is 9.01. The molecule has 1 atom stereocenters. The van der Waals surface area contributed by atoms with Gasteiger partial charge in [0.2, 0.25) is 0 Å². The molecule has 19 heavy (non-hydrogen) atoms. The normalized spacial score (nSPS) is 12.5. The van der Waals surface area contributed by atoms with E-state index in [4.69, 9.17) is 17.3 Å². The maximum absolute atomic E-state index is 13.7. The average Bonchev–Trinajstić information content (AvgIpc) is 2.26. The van der Waals surface area contributed by atoms with Gasteiger partial charge in [-0.15, -0.1) is 0 Å². The molecular formula is C13H8BrClF3N. The summed E-state index contributed by atoms with van der Waals surface area (Å²) in [4.78, 5) is 0. The van der Waals surface area contributed by atoms with Crippen LogP contribution in [-0.4, -0.2) is 0 Å². The Balaban J connectivity index is 2.53. The second-order valence-electron chi connectivity index (χ2n) is 3.93. The van der Waals surface area contributed by atoms with Gasteiger partial charge in [0.25, 0.3) is 0 Å². The van der Waals surface area contributed by atoms with Gasteiger partial charge in [-0.25, -0.2) is 13.2 Å². The maximum Gasteiger partial charge on any atom is 0.134 e. The predicted octanol–water partition coefficient (Wildman–Crippen LogP) is 4.57. The highest BCUT2D eigenvalue weighted by Crippen LogP contribution is 2.31. The Bertz CT molecular complexity index is 610. The number of hydrogen-bond donors (Lipinski definition) is 1. The van der Waals surface area contributed by atoms with E-state index in [0.29, 0.717) is 27.2 Å². The van der Waals surface area contributed by atoms with Crippen LogP contribution in [0.2, 0.25) is 5.02 Å². The number of hydrogen-bond acceptors (Lipinski definition) is 1. The molecule has 0 saturated heterocycles. The van der Waals surface area contributed by atoms with Crippen molar-refractivity contribution in [1.82, 2.24) is 0 Å². The first kappa shape index (κ1) is 14.4. The monoisotopic (exact) mass is 349 g/mol. The molecule has 1 unspecified atom stereocenters. The first-order valence-corrected chi connectivity index (χ1v) is 6.42. The minimum atomic E-state index is -1.06. The van der Waals surface area contributed by atoms with Crippen LogP contribution >= 0.6 is 27.5 Å². The number of halogens is 5. The van der Waals surface area contributed by atoms with E-state index in [9.17, 15) is 13.2 Å². The fraction of sp³-hybridized carbons (Fsp3) is 0.0769. The average molecular weight is 351 g/mol. The lowest BCUT2D eigenvalue weighted by Gasteiger charge is -2.16. The lowest BCUT2D eigenvalue weighted by atomic mass is 9.98. The van der Waals surface area contributed by atoms with E-state index >= 15 is 0 Å². The molecule has 0 aliphatic heterocycles. The molecule has 6 heteroatoms. The third-order valence-corrected chi connectivity index (χ3v) is 3.57. The second kappa shape index (κ2) is 5.53. The smallest absolute Gasteiger partial charge is 0.134 e. The standard InChI is InChI=1S/C13H8BrClF3N/c14-9-3-6(15)1-2-8(9)13(19)12-10(17)4-7(16)5-11(12)18/h1-5,13H,19H2. The molecule has 2 N–H and O–H groups in total. The molecule has 2 aromatic carbocycles. The quantitative estimate of drug-likeness (QED) is 0.844. The van der Waals surface area contributed by atoms with E-state index in [1.54, 1.807) is 18.2 Å². The molecular weight excluding hydrogens is 343 g/mol. The molecule has 0 aliphatic carbocycles. The van der Waals surface area contributed by atoms with E-state index in [1.807, 2.05) is 0 Å².